The predicted octanol–water partition coefficient (Wildman–Crippen LogP) is 4.64. The Hall–Kier alpha value is -3.52. The molecule has 0 bridgehead atoms. The number of hydrogen-bond donors (Lipinski definition) is 1. The van der Waals surface area contributed by atoms with Crippen LogP contribution >= 0.6 is 11.8 Å². The fraction of sp³-hybridized carbons (Fsp3) is 0.200. The van der Waals surface area contributed by atoms with Crippen molar-refractivity contribution in [3.63, 3.8) is 0 Å². The van der Waals surface area contributed by atoms with Crippen LogP contribution < -0.4 is 5.32 Å². The second-order valence-corrected chi connectivity index (χ2v) is 9.02. The Kier molecular flexibility index (Phi) is 6.17. The summed E-state index contributed by atoms with van der Waals surface area (Å²) in [5.74, 6) is 0.260. The molecule has 1 saturated carbocycles. The van der Waals surface area contributed by atoms with Gasteiger partial charge in [0.25, 0.3) is 0 Å². The molecule has 1 unspecified atom stereocenters. The largest absolute Gasteiger partial charge is 0.352 e. The number of rotatable bonds is 8. The number of carbonyl (C=O) groups is 1. The van der Waals surface area contributed by atoms with Gasteiger partial charge in [0.15, 0.2) is 11.0 Å². The summed E-state index contributed by atoms with van der Waals surface area (Å²) >= 11 is 1.33. The van der Waals surface area contributed by atoms with Crippen LogP contribution in [0.15, 0.2) is 84.3 Å². The Morgan fingerprint density at radius 1 is 1.03 bits per heavy atom. The highest BCUT2D eigenvalue weighted by Gasteiger charge is 2.31. The molecule has 1 amide bonds. The van der Waals surface area contributed by atoms with Gasteiger partial charge >= 0.3 is 0 Å². The summed E-state index contributed by atoms with van der Waals surface area (Å²) in [6.07, 6.45) is 5.41. The molecular formula is C25H22FN5OS. The van der Waals surface area contributed by atoms with Gasteiger partial charge in [0.05, 0.1) is 6.54 Å². The van der Waals surface area contributed by atoms with Crippen molar-refractivity contribution in [2.45, 2.75) is 35.8 Å². The summed E-state index contributed by atoms with van der Waals surface area (Å²) < 4.78 is 15.6. The van der Waals surface area contributed by atoms with Gasteiger partial charge in [-0.15, -0.1) is 10.2 Å². The molecule has 5 rings (SSSR count). The number of halogens is 1. The fourth-order valence-corrected chi connectivity index (χ4v) is 4.56. The van der Waals surface area contributed by atoms with Crippen molar-refractivity contribution in [1.82, 2.24) is 25.1 Å². The SMILES string of the molecule is O=C(NC1CC1)C(Sc1nnc(-c2ccncc2)n1Cc1ccccc1)c1ccc(F)cc1. The standard InChI is InChI=1S/C25H22FN5OS/c26-20-8-6-18(7-9-20)22(24(32)28-21-10-11-21)33-25-30-29-23(19-12-14-27-15-13-19)31(25)16-17-4-2-1-3-5-17/h1-9,12-15,21-22H,10-11,16H2,(H,28,32). The monoisotopic (exact) mass is 459 g/mol. The van der Waals surface area contributed by atoms with E-state index < -0.39 is 5.25 Å². The first-order chi connectivity index (χ1) is 16.2. The molecule has 1 atom stereocenters. The number of aromatic nitrogens is 4. The molecule has 2 heterocycles. The van der Waals surface area contributed by atoms with Crippen LogP contribution in [-0.4, -0.2) is 31.7 Å². The summed E-state index contributed by atoms with van der Waals surface area (Å²) in [5.41, 5.74) is 2.70. The van der Waals surface area contributed by atoms with Crippen molar-refractivity contribution in [2.24, 2.45) is 0 Å². The second-order valence-electron chi connectivity index (χ2n) is 7.95. The molecule has 166 valence electrons. The molecule has 2 aromatic carbocycles. The molecule has 33 heavy (non-hydrogen) atoms. The molecule has 8 heteroatoms. The van der Waals surface area contributed by atoms with E-state index in [4.69, 9.17) is 0 Å². The molecule has 2 aromatic heterocycles. The Morgan fingerprint density at radius 3 is 2.45 bits per heavy atom. The van der Waals surface area contributed by atoms with E-state index in [9.17, 15) is 9.18 Å². The van der Waals surface area contributed by atoms with Gasteiger partial charge in [-0.1, -0.05) is 54.2 Å². The molecular weight excluding hydrogens is 437 g/mol. The lowest BCUT2D eigenvalue weighted by Gasteiger charge is -2.18. The summed E-state index contributed by atoms with van der Waals surface area (Å²) in [4.78, 5) is 17.2. The normalized spacial score (nSPS) is 14.1. The van der Waals surface area contributed by atoms with E-state index in [-0.39, 0.29) is 17.8 Å². The van der Waals surface area contributed by atoms with Gasteiger partial charge in [-0.05, 0) is 48.2 Å². The molecule has 0 saturated heterocycles. The highest BCUT2D eigenvalue weighted by Crippen LogP contribution is 2.37. The molecule has 6 nitrogen and oxygen atoms in total. The third kappa shape index (κ3) is 5.12. The lowest BCUT2D eigenvalue weighted by Crippen LogP contribution is -2.30. The molecule has 4 aromatic rings. The summed E-state index contributed by atoms with van der Waals surface area (Å²) in [6.45, 7) is 0.550. The van der Waals surface area contributed by atoms with E-state index >= 15 is 0 Å². The average Bonchev–Trinajstić information content (AvgIpc) is 3.58. The second kappa shape index (κ2) is 9.54. The summed E-state index contributed by atoms with van der Waals surface area (Å²) in [7, 11) is 0. The predicted molar refractivity (Wildman–Crippen MR) is 125 cm³/mol. The van der Waals surface area contributed by atoms with Crippen molar-refractivity contribution >= 4 is 17.7 Å². The van der Waals surface area contributed by atoms with Crippen molar-refractivity contribution in [3.8, 4) is 11.4 Å². The van der Waals surface area contributed by atoms with Gasteiger partial charge < -0.3 is 5.32 Å². The molecule has 0 spiro atoms. The van der Waals surface area contributed by atoms with Gasteiger partial charge in [-0.3, -0.25) is 14.3 Å². The van der Waals surface area contributed by atoms with E-state index in [1.165, 1.54) is 23.9 Å². The maximum absolute atomic E-state index is 13.6. The zero-order valence-corrected chi connectivity index (χ0v) is 18.6. The summed E-state index contributed by atoms with van der Waals surface area (Å²) in [6, 6.07) is 20.1. The Morgan fingerprint density at radius 2 is 1.76 bits per heavy atom. The van der Waals surface area contributed by atoms with Crippen LogP contribution in [0.5, 0.6) is 0 Å². The van der Waals surface area contributed by atoms with Crippen LogP contribution in [0.4, 0.5) is 4.39 Å². The topological polar surface area (TPSA) is 72.7 Å². The third-order valence-corrected chi connectivity index (χ3v) is 6.63. The first kappa shape index (κ1) is 21.3. The minimum atomic E-state index is -0.574. The van der Waals surface area contributed by atoms with Gasteiger partial charge in [0.1, 0.15) is 11.1 Å². The average molecular weight is 460 g/mol. The van der Waals surface area contributed by atoms with Gasteiger partial charge in [-0.25, -0.2) is 4.39 Å². The molecule has 1 aliphatic carbocycles. The molecule has 0 aliphatic heterocycles. The Balaban J connectivity index is 1.52. The minimum absolute atomic E-state index is 0.103. The van der Waals surface area contributed by atoms with Crippen LogP contribution in [0.25, 0.3) is 11.4 Å². The van der Waals surface area contributed by atoms with Crippen molar-refractivity contribution in [3.05, 3.63) is 96.1 Å². The van der Waals surface area contributed by atoms with Crippen LogP contribution in [0.1, 0.15) is 29.2 Å². The zero-order valence-electron chi connectivity index (χ0n) is 17.8. The third-order valence-electron chi connectivity index (χ3n) is 5.40. The molecule has 1 fully saturated rings. The maximum Gasteiger partial charge on any atom is 0.238 e. The smallest absolute Gasteiger partial charge is 0.238 e. The van der Waals surface area contributed by atoms with Crippen molar-refractivity contribution < 1.29 is 9.18 Å². The lowest BCUT2D eigenvalue weighted by atomic mass is 10.1. The number of hydrogen-bond acceptors (Lipinski definition) is 5. The Labute approximate surface area is 195 Å². The minimum Gasteiger partial charge on any atom is -0.352 e. The van der Waals surface area contributed by atoms with Gasteiger partial charge in [-0.2, -0.15) is 0 Å². The Bertz CT molecular complexity index is 1230. The number of amides is 1. The number of nitrogens with zero attached hydrogens (tertiary/aromatic N) is 4. The molecule has 1 aliphatic rings. The first-order valence-corrected chi connectivity index (χ1v) is 11.7. The van der Waals surface area contributed by atoms with E-state index in [0.717, 1.165) is 29.5 Å². The first-order valence-electron chi connectivity index (χ1n) is 10.8. The van der Waals surface area contributed by atoms with Crippen molar-refractivity contribution in [1.29, 1.82) is 0 Å². The van der Waals surface area contributed by atoms with Crippen LogP contribution in [0, 0.1) is 5.82 Å². The number of benzene rings is 2. The molecule has 1 N–H and O–H groups in total. The van der Waals surface area contributed by atoms with E-state index in [1.807, 2.05) is 47.0 Å². The van der Waals surface area contributed by atoms with Crippen LogP contribution in [-0.2, 0) is 11.3 Å². The molecule has 0 radical (unpaired) electrons. The van der Waals surface area contributed by atoms with E-state index in [0.29, 0.717) is 17.5 Å². The van der Waals surface area contributed by atoms with Gasteiger partial charge in [0, 0.05) is 24.0 Å². The highest BCUT2D eigenvalue weighted by atomic mass is 32.2. The van der Waals surface area contributed by atoms with E-state index in [1.54, 1.807) is 24.5 Å². The quantitative estimate of drug-likeness (QED) is 0.389. The number of pyridine rings is 1. The van der Waals surface area contributed by atoms with Gasteiger partial charge in [0.2, 0.25) is 5.91 Å². The van der Waals surface area contributed by atoms with E-state index in [2.05, 4.69) is 20.5 Å². The summed E-state index contributed by atoms with van der Waals surface area (Å²) in [5, 5.41) is 12.0. The zero-order chi connectivity index (χ0) is 22.6. The number of thioether (sulfide) groups is 1. The van der Waals surface area contributed by atoms with Crippen molar-refractivity contribution in [2.75, 3.05) is 0 Å². The highest BCUT2D eigenvalue weighted by molar-refractivity contribution is 8.00. The number of nitrogens with one attached hydrogen (secondary N) is 1. The van der Waals surface area contributed by atoms with Crippen LogP contribution in [0.2, 0.25) is 0 Å². The lowest BCUT2D eigenvalue weighted by molar-refractivity contribution is -0.120. The van der Waals surface area contributed by atoms with Crippen LogP contribution in [0.3, 0.4) is 0 Å². The maximum atomic E-state index is 13.6. The fourth-order valence-electron chi connectivity index (χ4n) is 3.52. The number of carbonyl (C=O) groups excluding carboxylic acids is 1.